The van der Waals surface area contributed by atoms with Crippen molar-refractivity contribution in [1.82, 2.24) is 9.62 Å². The highest BCUT2D eigenvalue weighted by molar-refractivity contribution is 7.88. The highest BCUT2D eigenvalue weighted by Gasteiger charge is 2.44. The number of nitrogens with zero attached hydrogens (tertiary/aromatic N) is 1. The maximum atomic E-state index is 11.9. The van der Waals surface area contributed by atoms with Gasteiger partial charge in [-0.2, -0.15) is 4.31 Å². The van der Waals surface area contributed by atoms with Gasteiger partial charge in [0.1, 0.15) is 6.10 Å². The number of piperidine rings is 1. The van der Waals surface area contributed by atoms with E-state index in [9.17, 15) is 13.2 Å². The number of ether oxygens (including phenoxy) is 1. The highest BCUT2D eigenvalue weighted by Crippen LogP contribution is 2.34. The molecule has 19 heavy (non-hydrogen) atoms. The minimum absolute atomic E-state index is 0.0252. The SMILES string of the molecule is CS(=O)(=O)N1CC[C@H]2C[C@@H](C(=O)NC3CC3)O[C@H]2C1. The van der Waals surface area contributed by atoms with Crippen molar-refractivity contribution in [2.45, 2.75) is 43.9 Å². The molecule has 0 unspecified atom stereocenters. The van der Waals surface area contributed by atoms with Crippen molar-refractivity contribution in [2.75, 3.05) is 19.3 Å². The first-order valence-electron chi connectivity index (χ1n) is 6.84. The van der Waals surface area contributed by atoms with Crippen LogP contribution in [0.5, 0.6) is 0 Å². The standard InChI is InChI=1S/C12H20N2O4S/c1-19(16,17)14-5-4-8-6-10(18-11(8)7-14)12(15)13-9-2-3-9/h8-11H,2-7H2,1H3,(H,13,15)/t8-,10-,11-/m0/s1. The molecule has 7 heteroatoms. The lowest BCUT2D eigenvalue weighted by atomic mass is 9.93. The van der Waals surface area contributed by atoms with Crippen molar-refractivity contribution in [3.63, 3.8) is 0 Å². The van der Waals surface area contributed by atoms with Gasteiger partial charge in [0.2, 0.25) is 15.9 Å². The number of rotatable bonds is 3. The van der Waals surface area contributed by atoms with Gasteiger partial charge in [-0.05, 0) is 31.6 Å². The van der Waals surface area contributed by atoms with E-state index in [4.69, 9.17) is 4.74 Å². The normalized spacial score (nSPS) is 35.9. The lowest BCUT2D eigenvalue weighted by Crippen LogP contribution is -2.45. The molecule has 1 amide bonds. The van der Waals surface area contributed by atoms with Crippen molar-refractivity contribution >= 4 is 15.9 Å². The molecule has 0 radical (unpaired) electrons. The van der Waals surface area contributed by atoms with Crippen LogP contribution < -0.4 is 5.32 Å². The van der Waals surface area contributed by atoms with E-state index in [1.165, 1.54) is 10.6 Å². The first kappa shape index (κ1) is 13.3. The summed E-state index contributed by atoms with van der Waals surface area (Å²) in [5.41, 5.74) is 0. The van der Waals surface area contributed by atoms with E-state index >= 15 is 0 Å². The van der Waals surface area contributed by atoms with Crippen LogP contribution >= 0.6 is 0 Å². The third kappa shape index (κ3) is 2.93. The first-order valence-corrected chi connectivity index (χ1v) is 8.69. The molecule has 3 aliphatic rings. The molecule has 0 bridgehead atoms. The van der Waals surface area contributed by atoms with Crippen molar-refractivity contribution in [3.8, 4) is 0 Å². The summed E-state index contributed by atoms with van der Waals surface area (Å²) in [5, 5.41) is 2.95. The number of carbonyl (C=O) groups excluding carboxylic acids is 1. The van der Waals surface area contributed by atoms with Gasteiger partial charge in [-0.1, -0.05) is 0 Å². The molecule has 6 nitrogen and oxygen atoms in total. The molecule has 1 aliphatic carbocycles. The van der Waals surface area contributed by atoms with Crippen molar-refractivity contribution < 1.29 is 17.9 Å². The minimum atomic E-state index is -3.16. The molecule has 0 aromatic carbocycles. The number of hydrogen-bond acceptors (Lipinski definition) is 4. The first-order chi connectivity index (χ1) is 8.93. The van der Waals surface area contributed by atoms with Crippen LogP contribution in [-0.4, -0.2) is 56.2 Å². The number of fused-ring (bicyclic) bond motifs is 1. The zero-order valence-corrected chi connectivity index (χ0v) is 11.9. The van der Waals surface area contributed by atoms with Gasteiger partial charge in [-0.15, -0.1) is 0 Å². The predicted octanol–water partition coefficient (Wildman–Crippen LogP) is -0.296. The summed E-state index contributed by atoms with van der Waals surface area (Å²) >= 11 is 0. The Balaban J connectivity index is 1.59. The summed E-state index contributed by atoms with van der Waals surface area (Å²) in [5.74, 6) is 0.288. The number of carbonyl (C=O) groups is 1. The van der Waals surface area contributed by atoms with E-state index in [-0.39, 0.29) is 12.0 Å². The smallest absolute Gasteiger partial charge is 0.249 e. The Labute approximate surface area is 113 Å². The van der Waals surface area contributed by atoms with Crippen LogP contribution in [0, 0.1) is 5.92 Å². The summed E-state index contributed by atoms with van der Waals surface area (Å²) in [6.45, 7) is 0.928. The fourth-order valence-corrected chi connectivity index (χ4v) is 3.75. The van der Waals surface area contributed by atoms with Gasteiger partial charge in [-0.25, -0.2) is 8.42 Å². The zero-order valence-electron chi connectivity index (χ0n) is 11.0. The molecule has 1 N–H and O–H groups in total. The molecule has 2 heterocycles. The highest BCUT2D eigenvalue weighted by atomic mass is 32.2. The fraction of sp³-hybridized carbons (Fsp3) is 0.917. The Kier molecular flexibility index (Phi) is 3.31. The second-order valence-corrected chi connectivity index (χ2v) is 7.83. The van der Waals surface area contributed by atoms with Crippen LogP contribution in [0.2, 0.25) is 0 Å². The van der Waals surface area contributed by atoms with Crippen molar-refractivity contribution in [3.05, 3.63) is 0 Å². The van der Waals surface area contributed by atoms with Crippen LogP contribution in [0.3, 0.4) is 0 Å². The molecule has 3 rings (SSSR count). The average Bonchev–Trinajstić information content (AvgIpc) is 3.03. The Morgan fingerprint density at radius 3 is 2.68 bits per heavy atom. The summed E-state index contributed by atoms with van der Waals surface area (Å²) in [6, 6.07) is 0.339. The fourth-order valence-electron chi connectivity index (χ4n) is 2.89. The molecule has 3 fully saturated rings. The molecular formula is C12H20N2O4S. The third-order valence-corrected chi connectivity index (χ3v) is 5.47. The quantitative estimate of drug-likeness (QED) is 0.774. The van der Waals surface area contributed by atoms with E-state index in [0.717, 1.165) is 25.7 Å². The zero-order chi connectivity index (χ0) is 13.6. The Morgan fingerprint density at radius 2 is 2.05 bits per heavy atom. The number of hydrogen-bond donors (Lipinski definition) is 1. The Bertz CT molecular complexity index is 474. The Hall–Kier alpha value is -0.660. The van der Waals surface area contributed by atoms with Gasteiger partial charge < -0.3 is 10.1 Å². The molecule has 0 aromatic rings. The lowest BCUT2D eigenvalue weighted by Gasteiger charge is -2.32. The maximum absolute atomic E-state index is 11.9. The van der Waals surface area contributed by atoms with Crippen LogP contribution in [0.25, 0.3) is 0 Å². The lowest BCUT2D eigenvalue weighted by molar-refractivity contribution is -0.132. The second-order valence-electron chi connectivity index (χ2n) is 5.85. The number of nitrogens with one attached hydrogen (secondary N) is 1. The van der Waals surface area contributed by atoms with Gasteiger partial charge in [0, 0.05) is 19.1 Å². The maximum Gasteiger partial charge on any atom is 0.249 e. The second kappa shape index (κ2) is 4.71. The summed E-state index contributed by atoms with van der Waals surface area (Å²) in [7, 11) is -3.16. The number of amides is 1. The van der Waals surface area contributed by atoms with Gasteiger partial charge in [-0.3, -0.25) is 4.79 Å². The van der Waals surface area contributed by atoms with Crippen LogP contribution in [0.4, 0.5) is 0 Å². The molecule has 3 atom stereocenters. The van der Waals surface area contributed by atoms with E-state index in [1.807, 2.05) is 0 Å². The third-order valence-electron chi connectivity index (χ3n) is 4.20. The van der Waals surface area contributed by atoms with Crippen molar-refractivity contribution in [1.29, 1.82) is 0 Å². The van der Waals surface area contributed by atoms with Crippen molar-refractivity contribution in [2.24, 2.45) is 5.92 Å². The van der Waals surface area contributed by atoms with E-state index in [1.54, 1.807) is 0 Å². The van der Waals surface area contributed by atoms with Crippen LogP contribution in [-0.2, 0) is 19.6 Å². The topological polar surface area (TPSA) is 75.7 Å². The van der Waals surface area contributed by atoms with Gasteiger partial charge in [0.15, 0.2) is 0 Å². The van der Waals surface area contributed by atoms with E-state index in [0.29, 0.717) is 25.0 Å². The molecular weight excluding hydrogens is 268 g/mol. The summed E-state index contributed by atoms with van der Waals surface area (Å²) in [6.07, 6.45) is 4.33. The molecule has 0 aromatic heterocycles. The molecule has 0 spiro atoms. The Morgan fingerprint density at radius 1 is 1.32 bits per heavy atom. The average molecular weight is 288 g/mol. The molecule has 108 valence electrons. The summed E-state index contributed by atoms with van der Waals surface area (Å²) in [4.78, 5) is 11.9. The molecule has 2 aliphatic heterocycles. The number of sulfonamides is 1. The molecule has 1 saturated carbocycles. The minimum Gasteiger partial charge on any atom is -0.363 e. The van der Waals surface area contributed by atoms with E-state index < -0.39 is 16.1 Å². The van der Waals surface area contributed by atoms with Gasteiger partial charge in [0.05, 0.1) is 12.4 Å². The van der Waals surface area contributed by atoms with Gasteiger partial charge in [0.25, 0.3) is 0 Å². The van der Waals surface area contributed by atoms with E-state index in [2.05, 4.69) is 5.32 Å². The van der Waals surface area contributed by atoms with Gasteiger partial charge >= 0.3 is 0 Å². The summed E-state index contributed by atoms with van der Waals surface area (Å²) < 4.78 is 30.3. The van der Waals surface area contributed by atoms with Crippen LogP contribution in [0.15, 0.2) is 0 Å². The monoisotopic (exact) mass is 288 g/mol. The van der Waals surface area contributed by atoms with Crippen LogP contribution in [0.1, 0.15) is 25.7 Å². The largest absolute Gasteiger partial charge is 0.363 e. The predicted molar refractivity (Wildman–Crippen MR) is 69.0 cm³/mol. The molecule has 2 saturated heterocycles.